The maximum absolute atomic E-state index is 5.45. The first-order chi connectivity index (χ1) is 9.16. The van der Waals surface area contributed by atoms with Crippen LogP contribution in [0.15, 0.2) is 12.3 Å². The maximum Gasteiger partial charge on any atom is 0.179 e. The normalized spacial score (nSPS) is 18.2. The number of imidazole rings is 1. The van der Waals surface area contributed by atoms with E-state index in [1.165, 1.54) is 31.5 Å². The number of aryl methyl sites for hydroxylation is 1. The fourth-order valence-electron chi connectivity index (χ4n) is 2.91. The van der Waals surface area contributed by atoms with Crippen molar-refractivity contribution >= 4 is 23.4 Å². The van der Waals surface area contributed by atoms with Crippen LogP contribution >= 0.6 is 12.2 Å². The number of hydrogen-bond acceptors (Lipinski definition) is 3. The highest BCUT2D eigenvalue weighted by Crippen LogP contribution is 2.18. The Labute approximate surface area is 118 Å². The minimum Gasteiger partial charge on any atom is -0.329 e. The van der Waals surface area contributed by atoms with Gasteiger partial charge in [-0.15, -0.1) is 0 Å². The first kappa shape index (κ1) is 12.8. The smallest absolute Gasteiger partial charge is 0.179 e. The van der Waals surface area contributed by atoms with Crippen LogP contribution in [0.25, 0.3) is 11.2 Å². The van der Waals surface area contributed by atoms with Gasteiger partial charge in [0, 0.05) is 18.8 Å². The van der Waals surface area contributed by atoms with Gasteiger partial charge in [-0.05, 0) is 63.6 Å². The predicted octanol–water partition coefficient (Wildman–Crippen LogP) is 2.89. The Hall–Kier alpha value is -1.20. The summed E-state index contributed by atoms with van der Waals surface area (Å²) in [5.41, 5.74) is 3.25. The molecule has 1 unspecified atom stereocenters. The Morgan fingerprint density at radius 3 is 2.89 bits per heavy atom. The van der Waals surface area contributed by atoms with Gasteiger partial charge in [0.25, 0.3) is 0 Å². The molecule has 1 N–H and O–H groups in total. The molecule has 0 bridgehead atoms. The monoisotopic (exact) mass is 276 g/mol. The lowest BCUT2D eigenvalue weighted by Crippen LogP contribution is -2.33. The summed E-state index contributed by atoms with van der Waals surface area (Å²) in [6.07, 6.45) is 4.50. The van der Waals surface area contributed by atoms with Crippen molar-refractivity contribution in [2.24, 2.45) is 0 Å². The minimum atomic E-state index is 0.510. The van der Waals surface area contributed by atoms with E-state index in [4.69, 9.17) is 12.2 Å². The molecule has 1 atom stereocenters. The van der Waals surface area contributed by atoms with E-state index < -0.39 is 0 Å². The lowest BCUT2D eigenvalue weighted by molar-refractivity contribution is 0.236. The van der Waals surface area contributed by atoms with Gasteiger partial charge in [-0.1, -0.05) is 0 Å². The highest BCUT2D eigenvalue weighted by molar-refractivity contribution is 7.71. The van der Waals surface area contributed by atoms with Crippen molar-refractivity contribution in [1.29, 1.82) is 0 Å². The van der Waals surface area contributed by atoms with Crippen molar-refractivity contribution in [2.75, 3.05) is 13.1 Å². The standard InChI is InChI=1S/C14H20N4S/c1-10-5-6-15-13-12(10)16-14(19)18(13)9-11(2)17-7-3-4-8-17/h5-6,11H,3-4,7-9H2,1-2H3,(H,16,19). The van der Waals surface area contributed by atoms with E-state index in [0.29, 0.717) is 6.04 Å². The average molecular weight is 276 g/mol. The maximum atomic E-state index is 5.45. The van der Waals surface area contributed by atoms with Crippen LogP contribution in [-0.4, -0.2) is 38.6 Å². The molecule has 0 amide bonds. The Bertz CT molecular complexity index is 636. The average Bonchev–Trinajstić information content (AvgIpc) is 3.00. The molecule has 19 heavy (non-hydrogen) atoms. The molecule has 102 valence electrons. The second-order valence-electron chi connectivity index (χ2n) is 5.46. The molecule has 2 aromatic rings. The van der Waals surface area contributed by atoms with Gasteiger partial charge in [-0.3, -0.25) is 9.47 Å². The number of likely N-dealkylation sites (tertiary alicyclic amines) is 1. The molecule has 0 spiro atoms. The van der Waals surface area contributed by atoms with E-state index in [-0.39, 0.29) is 0 Å². The highest BCUT2D eigenvalue weighted by atomic mass is 32.1. The van der Waals surface area contributed by atoms with Crippen molar-refractivity contribution in [2.45, 2.75) is 39.3 Å². The van der Waals surface area contributed by atoms with E-state index in [0.717, 1.165) is 22.5 Å². The molecule has 1 fully saturated rings. The largest absolute Gasteiger partial charge is 0.329 e. The summed E-state index contributed by atoms with van der Waals surface area (Å²) in [6.45, 7) is 7.70. The van der Waals surface area contributed by atoms with Crippen molar-refractivity contribution in [3.8, 4) is 0 Å². The van der Waals surface area contributed by atoms with E-state index in [1.54, 1.807) is 0 Å². The fourth-order valence-corrected chi connectivity index (χ4v) is 3.17. The van der Waals surface area contributed by atoms with Gasteiger partial charge in [0.15, 0.2) is 10.4 Å². The fraction of sp³-hybridized carbons (Fsp3) is 0.571. The number of fused-ring (bicyclic) bond motifs is 1. The number of aromatic amines is 1. The van der Waals surface area contributed by atoms with Crippen LogP contribution in [0, 0.1) is 11.7 Å². The number of H-pyrrole nitrogens is 1. The van der Waals surface area contributed by atoms with Crippen molar-refractivity contribution in [3.63, 3.8) is 0 Å². The molecule has 1 saturated heterocycles. The quantitative estimate of drug-likeness (QED) is 0.876. The van der Waals surface area contributed by atoms with Crippen LogP contribution in [0.4, 0.5) is 0 Å². The summed E-state index contributed by atoms with van der Waals surface area (Å²) in [5.74, 6) is 0. The number of nitrogens with one attached hydrogen (secondary N) is 1. The zero-order valence-electron chi connectivity index (χ0n) is 11.5. The van der Waals surface area contributed by atoms with Gasteiger partial charge in [0.05, 0.1) is 5.52 Å². The molecule has 1 aliphatic rings. The van der Waals surface area contributed by atoms with Crippen LogP contribution in [0.5, 0.6) is 0 Å². The minimum absolute atomic E-state index is 0.510. The SMILES string of the molecule is Cc1ccnc2c1[nH]c(=S)n2CC(C)N1CCCC1. The summed E-state index contributed by atoms with van der Waals surface area (Å²) in [6, 6.07) is 2.53. The number of aromatic nitrogens is 3. The topological polar surface area (TPSA) is 36.9 Å². The molecular formula is C14H20N4S. The number of nitrogens with zero attached hydrogens (tertiary/aromatic N) is 3. The van der Waals surface area contributed by atoms with Gasteiger partial charge < -0.3 is 4.98 Å². The molecule has 4 nitrogen and oxygen atoms in total. The second kappa shape index (κ2) is 5.06. The molecule has 5 heteroatoms. The summed E-state index contributed by atoms with van der Waals surface area (Å²) in [7, 11) is 0. The first-order valence-corrected chi connectivity index (χ1v) is 7.36. The predicted molar refractivity (Wildman–Crippen MR) is 79.9 cm³/mol. The summed E-state index contributed by atoms with van der Waals surface area (Å²) in [5, 5.41) is 0. The summed E-state index contributed by atoms with van der Waals surface area (Å²) >= 11 is 5.45. The molecule has 3 heterocycles. The van der Waals surface area contributed by atoms with Crippen LogP contribution in [0.2, 0.25) is 0 Å². The Morgan fingerprint density at radius 1 is 1.42 bits per heavy atom. The van der Waals surface area contributed by atoms with Gasteiger partial charge in [0.1, 0.15) is 0 Å². The lowest BCUT2D eigenvalue weighted by atomic mass is 10.2. The van der Waals surface area contributed by atoms with E-state index >= 15 is 0 Å². The van der Waals surface area contributed by atoms with Crippen molar-refractivity contribution in [3.05, 3.63) is 22.6 Å². The Balaban J connectivity index is 1.94. The van der Waals surface area contributed by atoms with Crippen molar-refractivity contribution < 1.29 is 0 Å². The van der Waals surface area contributed by atoms with Crippen LogP contribution < -0.4 is 0 Å². The number of pyridine rings is 1. The van der Waals surface area contributed by atoms with Crippen LogP contribution in [0.3, 0.4) is 0 Å². The third kappa shape index (κ3) is 2.32. The first-order valence-electron chi connectivity index (χ1n) is 6.95. The van der Waals surface area contributed by atoms with E-state index in [9.17, 15) is 0 Å². The van der Waals surface area contributed by atoms with Crippen LogP contribution in [-0.2, 0) is 6.54 Å². The Morgan fingerprint density at radius 2 is 2.16 bits per heavy atom. The third-order valence-corrected chi connectivity index (χ3v) is 4.41. The van der Waals surface area contributed by atoms with Gasteiger partial charge in [0.2, 0.25) is 0 Å². The summed E-state index contributed by atoms with van der Waals surface area (Å²) in [4.78, 5) is 10.3. The molecule has 2 aromatic heterocycles. The molecule has 0 radical (unpaired) electrons. The molecule has 1 aliphatic heterocycles. The Kier molecular flexibility index (Phi) is 3.41. The third-order valence-electron chi connectivity index (χ3n) is 4.08. The second-order valence-corrected chi connectivity index (χ2v) is 5.85. The molecule has 3 rings (SSSR count). The molecule has 0 aromatic carbocycles. The molecule has 0 aliphatic carbocycles. The van der Waals surface area contributed by atoms with Crippen LogP contribution in [0.1, 0.15) is 25.3 Å². The zero-order valence-corrected chi connectivity index (χ0v) is 12.3. The molecule has 0 saturated carbocycles. The van der Waals surface area contributed by atoms with E-state index in [1.807, 2.05) is 12.3 Å². The number of rotatable bonds is 3. The lowest BCUT2D eigenvalue weighted by Gasteiger charge is -2.24. The van der Waals surface area contributed by atoms with E-state index in [2.05, 4.69) is 33.3 Å². The highest BCUT2D eigenvalue weighted by Gasteiger charge is 2.19. The van der Waals surface area contributed by atoms with Gasteiger partial charge >= 0.3 is 0 Å². The number of hydrogen-bond donors (Lipinski definition) is 1. The summed E-state index contributed by atoms with van der Waals surface area (Å²) < 4.78 is 2.92. The van der Waals surface area contributed by atoms with Crippen molar-refractivity contribution in [1.82, 2.24) is 19.4 Å². The molecular weight excluding hydrogens is 256 g/mol. The zero-order chi connectivity index (χ0) is 13.4. The van der Waals surface area contributed by atoms with Gasteiger partial charge in [-0.25, -0.2) is 4.98 Å². The van der Waals surface area contributed by atoms with Gasteiger partial charge in [-0.2, -0.15) is 0 Å².